The number of rotatable bonds is 4. The molecule has 2 saturated heterocycles. The minimum atomic E-state index is -0.665. The van der Waals surface area contributed by atoms with Gasteiger partial charge in [0.2, 0.25) is 0 Å². The van der Waals surface area contributed by atoms with Crippen LogP contribution in [0.3, 0.4) is 0 Å². The summed E-state index contributed by atoms with van der Waals surface area (Å²) in [6, 6.07) is 0. The summed E-state index contributed by atoms with van der Waals surface area (Å²) in [7, 11) is 2.79. The monoisotopic (exact) mass is 394 g/mol. The maximum atomic E-state index is 12.7. The summed E-state index contributed by atoms with van der Waals surface area (Å²) in [6.07, 6.45) is 12.9. The molecule has 2 heterocycles. The predicted octanol–water partition coefficient (Wildman–Crippen LogP) is 4.21. The molecule has 8 atom stereocenters. The summed E-state index contributed by atoms with van der Waals surface area (Å²) < 4.78 is 12.5. The highest BCUT2D eigenvalue weighted by atomic mass is 31.0. The molecule has 2 aliphatic heterocycles. The molecule has 0 amide bonds. The lowest BCUT2D eigenvalue weighted by Gasteiger charge is -2.50. The van der Waals surface area contributed by atoms with Gasteiger partial charge in [-0.3, -0.25) is 0 Å². The zero-order valence-corrected chi connectivity index (χ0v) is 17.9. The average molecular weight is 394 g/mol. The number of aliphatic hydroxyl groups is 1. The van der Waals surface area contributed by atoms with E-state index in [9.17, 15) is 9.90 Å². The Labute approximate surface area is 165 Å². The Bertz CT molecular complexity index is 601. The van der Waals surface area contributed by atoms with Gasteiger partial charge in [-0.15, -0.1) is 0 Å². The fourth-order valence-corrected chi connectivity index (χ4v) is 7.21. The largest absolute Gasteiger partial charge is 0.455 e. The fourth-order valence-electron chi connectivity index (χ4n) is 6.44. The molecule has 2 aliphatic carbocycles. The van der Waals surface area contributed by atoms with Crippen molar-refractivity contribution >= 4 is 15.2 Å². The molecule has 4 fully saturated rings. The molecule has 2 saturated carbocycles. The van der Waals surface area contributed by atoms with E-state index in [1.165, 1.54) is 32.1 Å². The van der Waals surface area contributed by atoms with Gasteiger partial charge < -0.3 is 14.6 Å². The quantitative estimate of drug-likeness (QED) is 0.441. The molecule has 5 heteroatoms. The third kappa shape index (κ3) is 3.40. The van der Waals surface area contributed by atoms with Gasteiger partial charge >= 0.3 is 5.97 Å². The lowest BCUT2D eigenvalue weighted by atomic mass is 9.73. The van der Waals surface area contributed by atoms with E-state index in [1.54, 1.807) is 6.08 Å². The van der Waals surface area contributed by atoms with Crippen LogP contribution in [-0.2, 0) is 14.3 Å². The van der Waals surface area contributed by atoms with E-state index in [2.05, 4.69) is 29.2 Å². The number of hydrogen-bond acceptors (Lipinski definition) is 4. The zero-order valence-electron chi connectivity index (χ0n) is 16.7. The molecule has 0 aromatic carbocycles. The van der Waals surface area contributed by atoms with Gasteiger partial charge in [-0.25, -0.2) is 4.79 Å². The van der Waals surface area contributed by atoms with Crippen molar-refractivity contribution in [3.8, 4) is 0 Å². The molecule has 1 N–H and O–H groups in total. The first-order valence-electron chi connectivity index (χ1n) is 10.9. The van der Waals surface area contributed by atoms with Crippen LogP contribution in [0.2, 0.25) is 0 Å². The number of hydrogen-bond donors (Lipinski definition) is 1. The van der Waals surface area contributed by atoms with Crippen molar-refractivity contribution in [1.29, 1.82) is 0 Å². The number of allylic oxidation sites excluding steroid dienone is 1. The van der Waals surface area contributed by atoms with Gasteiger partial charge in [0.05, 0.1) is 11.7 Å². The van der Waals surface area contributed by atoms with Gasteiger partial charge in [0.15, 0.2) is 0 Å². The first-order valence-corrected chi connectivity index (χ1v) is 11.5. The van der Waals surface area contributed by atoms with Crippen LogP contribution in [0.25, 0.3) is 0 Å². The number of aliphatic hydroxyl groups excluding tert-OH is 1. The van der Waals surface area contributed by atoms with Crippen molar-refractivity contribution in [3.63, 3.8) is 0 Å². The molecule has 0 radical (unpaired) electrons. The second-order valence-electron chi connectivity index (χ2n) is 9.50. The molecule has 0 aromatic rings. The van der Waals surface area contributed by atoms with Crippen molar-refractivity contribution in [3.05, 3.63) is 12.2 Å². The zero-order chi connectivity index (χ0) is 19.2. The standard InChI is InChI=1S/C22H35O4P/c1-3-15-10-11-16-19(15)20(22(27)13-17(23)21(16,2)26-22)25-18(24)12-9-14-7-5-4-6-8-14/h9,12,14-17,19-20,23H,3-8,10-11,13,27H2,1-2H3/b12-9+. The fraction of sp³-hybridized carbons (Fsp3) is 0.864. The molecule has 2 bridgehead atoms. The van der Waals surface area contributed by atoms with Crippen molar-refractivity contribution < 1.29 is 19.4 Å². The van der Waals surface area contributed by atoms with E-state index < -0.39 is 17.0 Å². The lowest BCUT2D eigenvalue weighted by molar-refractivity contribution is -0.223. The van der Waals surface area contributed by atoms with Crippen LogP contribution in [-0.4, -0.2) is 34.2 Å². The summed E-state index contributed by atoms with van der Waals surface area (Å²) in [5, 5.41) is 10.1. The summed E-state index contributed by atoms with van der Waals surface area (Å²) >= 11 is 0. The van der Waals surface area contributed by atoms with Crippen molar-refractivity contribution in [1.82, 2.24) is 0 Å². The molecule has 0 aromatic heterocycles. The number of esters is 1. The number of ether oxygens (including phenoxy) is 2. The SMILES string of the molecule is CCC1CCC2C1C(OC(=O)/C=C/C1CCCCC1)C1(P)CC(O)C2(C)O1. The van der Waals surface area contributed by atoms with Crippen molar-refractivity contribution in [2.45, 2.75) is 94.8 Å². The Balaban J connectivity index is 1.53. The van der Waals surface area contributed by atoms with E-state index in [4.69, 9.17) is 9.47 Å². The normalized spacial score (nSPS) is 47.3. The minimum absolute atomic E-state index is 0.249. The molecule has 4 rings (SSSR count). The Hall–Kier alpha value is -0.440. The van der Waals surface area contributed by atoms with E-state index in [-0.39, 0.29) is 23.9 Å². The van der Waals surface area contributed by atoms with Gasteiger partial charge in [0.1, 0.15) is 11.4 Å². The summed E-state index contributed by atoms with van der Waals surface area (Å²) in [5.74, 6) is 1.33. The smallest absolute Gasteiger partial charge is 0.330 e. The molecule has 0 spiro atoms. The second kappa shape index (κ2) is 7.43. The topological polar surface area (TPSA) is 55.8 Å². The summed E-state index contributed by atoms with van der Waals surface area (Å²) in [4.78, 5) is 12.7. The Kier molecular flexibility index (Phi) is 5.46. The molecule has 8 unspecified atom stereocenters. The van der Waals surface area contributed by atoms with Crippen LogP contribution in [0.15, 0.2) is 12.2 Å². The predicted molar refractivity (Wildman–Crippen MR) is 108 cm³/mol. The Morgan fingerprint density at radius 3 is 2.70 bits per heavy atom. The number of carbonyl (C=O) groups is 1. The van der Waals surface area contributed by atoms with Gasteiger partial charge in [-0.05, 0) is 50.4 Å². The summed E-state index contributed by atoms with van der Waals surface area (Å²) in [6.45, 7) is 4.28. The molecular weight excluding hydrogens is 359 g/mol. The molecule has 4 aliphatic rings. The molecule has 27 heavy (non-hydrogen) atoms. The highest BCUT2D eigenvalue weighted by Gasteiger charge is 2.69. The van der Waals surface area contributed by atoms with Gasteiger partial charge in [0.25, 0.3) is 0 Å². The first kappa shape index (κ1) is 19.9. The minimum Gasteiger partial charge on any atom is -0.455 e. The number of carbonyl (C=O) groups excluding carboxylic acids is 1. The molecular formula is C22H35O4P. The third-order valence-corrected chi connectivity index (χ3v) is 8.61. The average Bonchev–Trinajstić information content (AvgIpc) is 3.17. The third-order valence-electron chi connectivity index (χ3n) is 7.93. The van der Waals surface area contributed by atoms with E-state index >= 15 is 0 Å². The Morgan fingerprint density at radius 1 is 1.26 bits per heavy atom. The van der Waals surface area contributed by atoms with E-state index in [1.807, 2.05) is 0 Å². The lowest BCUT2D eigenvalue weighted by Crippen LogP contribution is -2.58. The van der Waals surface area contributed by atoms with Crippen molar-refractivity contribution in [2.75, 3.05) is 0 Å². The molecule has 152 valence electrons. The molecule has 4 nitrogen and oxygen atoms in total. The van der Waals surface area contributed by atoms with E-state index in [0.29, 0.717) is 18.3 Å². The second-order valence-corrected chi connectivity index (χ2v) is 10.5. The van der Waals surface area contributed by atoms with Crippen LogP contribution in [0.5, 0.6) is 0 Å². The summed E-state index contributed by atoms with van der Waals surface area (Å²) in [5.41, 5.74) is -0.517. The van der Waals surface area contributed by atoms with E-state index in [0.717, 1.165) is 19.3 Å². The highest BCUT2D eigenvalue weighted by Crippen LogP contribution is 2.63. The van der Waals surface area contributed by atoms with Crippen LogP contribution in [0.4, 0.5) is 0 Å². The van der Waals surface area contributed by atoms with Crippen molar-refractivity contribution in [2.24, 2.45) is 23.7 Å². The van der Waals surface area contributed by atoms with Crippen LogP contribution in [0.1, 0.15) is 71.6 Å². The Morgan fingerprint density at radius 2 is 2.00 bits per heavy atom. The van der Waals surface area contributed by atoms with Crippen LogP contribution >= 0.6 is 9.24 Å². The van der Waals surface area contributed by atoms with Crippen LogP contribution in [0, 0.1) is 23.7 Å². The van der Waals surface area contributed by atoms with Gasteiger partial charge in [0, 0.05) is 18.4 Å². The van der Waals surface area contributed by atoms with Gasteiger partial charge in [-0.2, -0.15) is 0 Å². The number of fused-ring (bicyclic) bond motifs is 4. The highest BCUT2D eigenvalue weighted by molar-refractivity contribution is 7.18. The van der Waals surface area contributed by atoms with Gasteiger partial charge in [-0.1, -0.05) is 47.9 Å². The first-order chi connectivity index (χ1) is 12.9. The maximum Gasteiger partial charge on any atom is 0.330 e. The van der Waals surface area contributed by atoms with Crippen LogP contribution < -0.4 is 0 Å². The maximum absolute atomic E-state index is 12.7.